The largest absolute Gasteiger partial charge is 0.352 e. The first-order valence-corrected chi connectivity index (χ1v) is 7.33. The fourth-order valence-corrected chi connectivity index (χ4v) is 2.53. The van der Waals surface area contributed by atoms with Crippen LogP contribution >= 0.6 is 0 Å². The Morgan fingerprint density at radius 3 is 2.56 bits per heavy atom. The highest BCUT2D eigenvalue weighted by Crippen LogP contribution is 2.19. The monoisotopic (exact) mass is 254 g/mol. The lowest BCUT2D eigenvalue weighted by Crippen LogP contribution is -2.49. The van der Waals surface area contributed by atoms with Crippen molar-refractivity contribution >= 4 is 5.91 Å². The Bertz CT molecular complexity index is 268. The molecule has 3 heteroatoms. The van der Waals surface area contributed by atoms with Gasteiger partial charge in [-0.1, -0.05) is 20.3 Å². The number of nitrogens with one attached hydrogen (secondary N) is 1. The lowest BCUT2D eigenvalue weighted by Gasteiger charge is -2.36. The summed E-state index contributed by atoms with van der Waals surface area (Å²) < 4.78 is 0. The first-order valence-electron chi connectivity index (χ1n) is 7.33. The van der Waals surface area contributed by atoms with Gasteiger partial charge < -0.3 is 5.32 Å². The number of rotatable bonds is 3. The normalized spacial score (nSPS) is 22.9. The molecule has 1 unspecified atom stereocenters. The first-order chi connectivity index (χ1) is 8.29. The van der Waals surface area contributed by atoms with Crippen LogP contribution in [-0.2, 0) is 4.79 Å². The maximum absolute atomic E-state index is 11.9. The van der Waals surface area contributed by atoms with Crippen molar-refractivity contribution < 1.29 is 4.79 Å². The molecule has 0 bridgehead atoms. The van der Waals surface area contributed by atoms with Gasteiger partial charge in [-0.15, -0.1) is 0 Å². The number of amides is 1. The zero-order valence-corrected chi connectivity index (χ0v) is 12.8. The summed E-state index contributed by atoms with van der Waals surface area (Å²) in [6, 6.07) is 0.331. The van der Waals surface area contributed by atoms with E-state index in [1.807, 2.05) is 0 Å². The molecule has 1 amide bonds. The van der Waals surface area contributed by atoms with Crippen LogP contribution in [0.1, 0.15) is 60.3 Å². The number of nitrogens with zero attached hydrogens (tertiary/aromatic N) is 1. The van der Waals surface area contributed by atoms with Gasteiger partial charge in [-0.2, -0.15) is 0 Å². The van der Waals surface area contributed by atoms with Gasteiger partial charge in [-0.05, 0) is 46.1 Å². The van der Waals surface area contributed by atoms with Crippen molar-refractivity contribution in [2.75, 3.05) is 13.1 Å². The molecule has 3 nitrogen and oxygen atoms in total. The maximum Gasteiger partial charge on any atom is 0.220 e. The molecule has 1 aliphatic heterocycles. The van der Waals surface area contributed by atoms with Gasteiger partial charge in [0, 0.05) is 24.5 Å². The van der Waals surface area contributed by atoms with Crippen LogP contribution in [0.3, 0.4) is 0 Å². The van der Waals surface area contributed by atoms with E-state index in [0.717, 1.165) is 19.5 Å². The number of likely N-dealkylation sites (tertiary alicyclic amines) is 1. The molecule has 106 valence electrons. The minimum Gasteiger partial charge on any atom is -0.352 e. The van der Waals surface area contributed by atoms with Crippen molar-refractivity contribution in [3.8, 4) is 0 Å². The average molecular weight is 254 g/mol. The Morgan fingerprint density at radius 2 is 2.00 bits per heavy atom. The predicted molar refractivity (Wildman–Crippen MR) is 76.6 cm³/mol. The van der Waals surface area contributed by atoms with E-state index in [1.54, 1.807) is 0 Å². The molecule has 0 saturated carbocycles. The highest BCUT2D eigenvalue weighted by molar-refractivity contribution is 5.76. The highest BCUT2D eigenvalue weighted by atomic mass is 16.1. The van der Waals surface area contributed by atoms with Crippen molar-refractivity contribution in [3.63, 3.8) is 0 Å². The molecule has 1 atom stereocenters. The van der Waals surface area contributed by atoms with Crippen LogP contribution in [-0.4, -0.2) is 35.5 Å². The third kappa shape index (κ3) is 5.38. The van der Waals surface area contributed by atoms with Crippen LogP contribution in [0, 0.1) is 5.92 Å². The van der Waals surface area contributed by atoms with E-state index in [1.165, 1.54) is 12.8 Å². The fraction of sp³-hybridized carbons (Fsp3) is 0.933. The predicted octanol–water partition coefficient (Wildman–Crippen LogP) is 2.80. The molecule has 18 heavy (non-hydrogen) atoms. The Balaban J connectivity index is 2.52. The van der Waals surface area contributed by atoms with Gasteiger partial charge in [-0.3, -0.25) is 9.69 Å². The smallest absolute Gasteiger partial charge is 0.220 e. The maximum atomic E-state index is 11.9. The van der Waals surface area contributed by atoms with Crippen molar-refractivity contribution in [1.29, 1.82) is 0 Å². The van der Waals surface area contributed by atoms with E-state index in [9.17, 15) is 4.79 Å². The van der Waals surface area contributed by atoms with Crippen molar-refractivity contribution in [3.05, 3.63) is 0 Å². The third-order valence-electron chi connectivity index (χ3n) is 3.58. The molecule has 0 aromatic rings. The van der Waals surface area contributed by atoms with Crippen LogP contribution in [0.15, 0.2) is 0 Å². The van der Waals surface area contributed by atoms with Gasteiger partial charge in [0.15, 0.2) is 0 Å². The van der Waals surface area contributed by atoms with Gasteiger partial charge in [-0.25, -0.2) is 0 Å². The van der Waals surface area contributed by atoms with Gasteiger partial charge in [0.2, 0.25) is 5.91 Å². The van der Waals surface area contributed by atoms with Gasteiger partial charge in [0.25, 0.3) is 0 Å². The minimum absolute atomic E-state index is 0.200. The van der Waals surface area contributed by atoms with Crippen LogP contribution in [0.4, 0.5) is 0 Å². The molecule has 1 heterocycles. The molecular weight excluding hydrogens is 224 g/mol. The van der Waals surface area contributed by atoms with E-state index in [-0.39, 0.29) is 11.4 Å². The second-order valence-electron chi connectivity index (χ2n) is 6.98. The summed E-state index contributed by atoms with van der Waals surface area (Å²) >= 11 is 0. The average Bonchev–Trinajstić information content (AvgIpc) is 2.40. The molecule has 1 aliphatic rings. The minimum atomic E-state index is 0.200. The molecule has 0 radical (unpaired) electrons. The second kappa shape index (κ2) is 6.55. The van der Waals surface area contributed by atoms with Crippen LogP contribution in [0.5, 0.6) is 0 Å². The second-order valence-corrected chi connectivity index (χ2v) is 6.98. The zero-order chi connectivity index (χ0) is 13.8. The molecule has 0 spiro atoms. The SMILES string of the molecule is CC(C)CC(=O)NC1CCCCN(C(C)(C)C)C1. The molecule has 0 aliphatic carbocycles. The summed E-state index contributed by atoms with van der Waals surface area (Å²) in [6.45, 7) is 13.1. The van der Waals surface area contributed by atoms with Crippen molar-refractivity contribution in [2.45, 2.75) is 71.9 Å². The van der Waals surface area contributed by atoms with Gasteiger partial charge in [0.1, 0.15) is 0 Å². The molecule has 1 fully saturated rings. The number of carbonyl (C=O) groups is 1. The standard InChI is InChI=1S/C15H30N2O/c1-12(2)10-14(18)16-13-8-6-7-9-17(11-13)15(3,4)5/h12-13H,6-11H2,1-5H3,(H,16,18). The lowest BCUT2D eigenvalue weighted by molar-refractivity contribution is -0.122. The van der Waals surface area contributed by atoms with E-state index in [0.29, 0.717) is 18.4 Å². The first kappa shape index (κ1) is 15.5. The number of carbonyl (C=O) groups excluding carboxylic acids is 1. The summed E-state index contributed by atoms with van der Waals surface area (Å²) in [5, 5.41) is 3.21. The van der Waals surface area contributed by atoms with E-state index < -0.39 is 0 Å². The van der Waals surface area contributed by atoms with Gasteiger partial charge in [0.05, 0.1) is 0 Å². The Morgan fingerprint density at radius 1 is 1.33 bits per heavy atom. The van der Waals surface area contributed by atoms with Crippen LogP contribution in [0.2, 0.25) is 0 Å². The van der Waals surface area contributed by atoms with E-state index in [2.05, 4.69) is 44.8 Å². The topological polar surface area (TPSA) is 32.3 Å². The Hall–Kier alpha value is -0.570. The molecule has 1 rings (SSSR count). The van der Waals surface area contributed by atoms with Crippen molar-refractivity contribution in [1.82, 2.24) is 10.2 Å². The van der Waals surface area contributed by atoms with E-state index >= 15 is 0 Å². The summed E-state index contributed by atoms with van der Waals surface area (Å²) in [5.41, 5.74) is 0.200. The zero-order valence-electron chi connectivity index (χ0n) is 12.8. The van der Waals surface area contributed by atoms with Gasteiger partial charge >= 0.3 is 0 Å². The lowest BCUT2D eigenvalue weighted by atomic mass is 10.0. The molecule has 0 aromatic carbocycles. The Kier molecular flexibility index (Phi) is 5.64. The highest BCUT2D eigenvalue weighted by Gasteiger charge is 2.27. The molecule has 0 aromatic heterocycles. The summed E-state index contributed by atoms with van der Waals surface area (Å²) in [6.07, 6.45) is 4.23. The van der Waals surface area contributed by atoms with E-state index in [4.69, 9.17) is 0 Å². The third-order valence-corrected chi connectivity index (χ3v) is 3.58. The number of hydrogen-bond acceptors (Lipinski definition) is 2. The summed E-state index contributed by atoms with van der Waals surface area (Å²) in [4.78, 5) is 14.4. The Labute approximate surface area is 112 Å². The van der Waals surface area contributed by atoms with Crippen LogP contribution in [0.25, 0.3) is 0 Å². The summed E-state index contributed by atoms with van der Waals surface area (Å²) in [7, 11) is 0. The summed E-state index contributed by atoms with van der Waals surface area (Å²) in [5.74, 6) is 0.653. The number of hydrogen-bond donors (Lipinski definition) is 1. The molecule has 1 N–H and O–H groups in total. The quantitative estimate of drug-likeness (QED) is 0.840. The van der Waals surface area contributed by atoms with Crippen molar-refractivity contribution in [2.24, 2.45) is 5.92 Å². The van der Waals surface area contributed by atoms with Crippen LogP contribution < -0.4 is 5.32 Å². The molecular formula is C15H30N2O. The fourth-order valence-electron chi connectivity index (χ4n) is 2.53. The molecule has 1 saturated heterocycles.